The van der Waals surface area contributed by atoms with Crippen molar-refractivity contribution in [2.45, 2.75) is 26.4 Å². The molecule has 0 bridgehead atoms. The second kappa shape index (κ2) is 9.39. The first-order chi connectivity index (χ1) is 12.8. The van der Waals surface area contributed by atoms with Crippen LogP contribution >= 0.6 is 0 Å². The van der Waals surface area contributed by atoms with Crippen molar-refractivity contribution in [2.24, 2.45) is 5.92 Å². The zero-order chi connectivity index (χ0) is 18.2. The highest BCUT2D eigenvalue weighted by Gasteiger charge is 2.23. The van der Waals surface area contributed by atoms with Crippen LogP contribution in [0.25, 0.3) is 0 Å². The molecule has 0 atom stereocenters. The van der Waals surface area contributed by atoms with E-state index in [4.69, 9.17) is 4.74 Å². The number of hydrogen-bond donors (Lipinski definition) is 1. The number of piperidine rings is 1. The Hall–Kier alpha value is -2.33. The molecule has 0 radical (unpaired) electrons. The molecule has 0 aliphatic carbocycles. The summed E-state index contributed by atoms with van der Waals surface area (Å²) in [5.41, 5.74) is 1.83. The smallest absolute Gasteiger partial charge is 0.253 e. The van der Waals surface area contributed by atoms with Gasteiger partial charge in [0.05, 0.1) is 0 Å². The Balaban J connectivity index is 1.55. The first kappa shape index (κ1) is 18.5. The van der Waals surface area contributed by atoms with Gasteiger partial charge >= 0.3 is 0 Å². The third-order valence-electron chi connectivity index (χ3n) is 4.91. The summed E-state index contributed by atoms with van der Waals surface area (Å²) < 4.78 is 5.85. The number of amides is 1. The third kappa shape index (κ3) is 5.09. The Morgan fingerprint density at radius 3 is 2.62 bits per heavy atom. The van der Waals surface area contributed by atoms with Gasteiger partial charge < -0.3 is 15.0 Å². The number of rotatable bonds is 7. The molecule has 3 rings (SSSR count). The van der Waals surface area contributed by atoms with Gasteiger partial charge in [-0.3, -0.25) is 4.79 Å². The van der Waals surface area contributed by atoms with Gasteiger partial charge in [-0.15, -0.1) is 0 Å². The van der Waals surface area contributed by atoms with E-state index >= 15 is 0 Å². The molecule has 1 aliphatic rings. The lowest BCUT2D eigenvalue weighted by atomic mass is 9.96. The number of likely N-dealkylation sites (tertiary alicyclic amines) is 1. The molecule has 1 aliphatic heterocycles. The summed E-state index contributed by atoms with van der Waals surface area (Å²) >= 11 is 0. The summed E-state index contributed by atoms with van der Waals surface area (Å²) in [5, 5.41) is 3.41. The van der Waals surface area contributed by atoms with Gasteiger partial charge in [0.15, 0.2) is 0 Å². The summed E-state index contributed by atoms with van der Waals surface area (Å²) in [6.45, 7) is 6.38. The second-order valence-electron chi connectivity index (χ2n) is 6.85. The Bertz CT molecular complexity index is 694. The molecule has 1 fully saturated rings. The van der Waals surface area contributed by atoms with Crippen LogP contribution in [0.4, 0.5) is 0 Å². The maximum atomic E-state index is 12.8. The van der Waals surface area contributed by atoms with Crippen molar-refractivity contribution in [2.75, 3.05) is 26.2 Å². The van der Waals surface area contributed by atoms with Crippen LogP contribution < -0.4 is 10.1 Å². The fourth-order valence-corrected chi connectivity index (χ4v) is 3.33. The van der Waals surface area contributed by atoms with Gasteiger partial charge in [0.25, 0.3) is 5.91 Å². The van der Waals surface area contributed by atoms with Crippen LogP contribution in [0.5, 0.6) is 5.75 Å². The molecule has 26 heavy (non-hydrogen) atoms. The minimum absolute atomic E-state index is 0.108. The summed E-state index contributed by atoms with van der Waals surface area (Å²) in [5.74, 6) is 1.53. The van der Waals surface area contributed by atoms with Gasteiger partial charge in [-0.05, 0) is 55.6 Å². The van der Waals surface area contributed by atoms with Gasteiger partial charge in [-0.25, -0.2) is 0 Å². The lowest BCUT2D eigenvalue weighted by Gasteiger charge is -2.32. The Morgan fingerprint density at radius 1 is 1.12 bits per heavy atom. The van der Waals surface area contributed by atoms with Crippen molar-refractivity contribution in [1.29, 1.82) is 0 Å². The highest BCUT2D eigenvalue weighted by molar-refractivity contribution is 5.94. The van der Waals surface area contributed by atoms with Crippen molar-refractivity contribution >= 4 is 5.91 Å². The summed E-state index contributed by atoms with van der Waals surface area (Å²) in [4.78, 5) is 14.8. The summed E-state index contributed by atoms with van der Waals surface area (Å²) in [7, 11) is 0. The maximum Gasteiger partial charge on any atom is 0.253 e. The molecule has 138 valence electrons. The molecular formula is C22H28N2O2. The van der Waals surface area contributed by atoms with Gasteiger partial charge in [0.2, 0.25) is 0 Å². The largest absolute Gasteiger partial charge is 0.489 e. The molecule has 1 heterocycles. The molecule has 1 amide bonds. The highest BCUT2D eigenvalue weighted by Crippen LogP contribution is 2.21. The van der Waals surface area contributed by atoms with Gasteiger partial charge in [-0.2, -0.15) is 0 Å². The minimum Gasteiger partial charge on any atom is -0.489 e. The quantitative estimate of drug-likeness (QED) is 0.826. The van der Waals surface area contributed by atoms with Gasteiger partial charge in [-0.1, -0.05) is 43.3 Å². The van der Waals surface area contributed by atoms with E-state index in [0.29, 0.717) is 18.1 Å². The molecule has 0 saturated carbocycles. The van der Waals surface area contributed by atoms with E-state index in [9.17, 15) is 4.79 Å². The molecule has 0 aromatic heterocycles. The molecule has 0 unspecified atom stereocenters. The predicted molar refractivity (Wildman–Crippen MR) is 104 cm³/mol. The van der Waals surface area contributed by atoms with Crippen LogP contribution in [0.1, 0.15) is 35.7 Å². The Labute approximate surface area is 156 Å². The van der Waals surface area contributed by atoms with Crippen molar-refractivity contribution < 1.29 is 9.53 Å². The van der Waals surface area contributed by atoms with E-state index in [0.717, 1.165) is 50.3 Å². The predicted octanol–water partition coefficient (Wildman–Crippen LogP) is 3.73. The Morgan fingerprint density at radius 2 is 1.88 bits per heavy atom. The third-order valence-corrected chi connectivity index (χ3v) is 4.91. The number of carbonyl (C=O) groups excluding carboxylic acids is 1. The molecule has 4 nitrogen and oxygen atoms in total. The first-order valence-corrected chi connectivity index (χ1v) is 9.53. The number of carbonyl (C=O) groups is 1. The fourth-order valence-electron chi connectivity index (χ4n) is 3.33. The van der Waals surface area contributed by atoms with Crippen molar-refractivity contribution in [3.63, 3.8) is 0 Å². The number of nitrogens with zero attached hydrogens (tertiary/aromatic N) is 1. The van der Waals surface area contributed by atoms with E-state index in [1.807, 2.05) is 59.5 Å². The van der Waals surface area contributed by atoms with Crippen LogP contribution in [-0.4, -0.2) is 37.0 Å². The monoisotopic (exact) mass is 352 g/mol. The molecule has 1 N–H and O–H groups in total. The molecule has 2 aromatic rings. The van der Waals surface area contributed by atoms with Gasteiger partial charge in [0.1, 0.15) is 12.4 Å². The van der Waals surface area contributed by atoms with E-state index in [1.165, 1.54) is 0 Å². The lowest BCUT2D eigenvalue weighted by Crippen LogP contribution is -2.40. The van der Waals surface area contributed by atoms with E-state index in [-0.39, 0.29) is 5.91 Å². The normalized spacial score (nSPS) is 15.0. The summed E-state index contributed by atoms with van der Waals surface area (Å²) in [6, 6.07) is 17.6. The molecule has 1 saturated heterocycles. The number of ether oxygens (including phenoxy) is 1. The highest BCUT2D eigenvalue weighted by atomic mass is 16.5. The number of nitrogens with one attached hydrogen (secondary N) is 1. The SMILES string of the molecule is CCNCC1CCN(C(=O)c2cccc(OCc3ccccc3)c2)CC1. The molecule has 0 spiro atoms. The zero-order valence-electron chi connectivity index (χ0n) is 15.5. The average Bonchev–Trinajstić information content (AvgIpc) is 2.71. The van der Waals surface area contributed by atoms with E-state index in [1.54, 1.807) is 0 Å². The van der Waals surface area contributed by atoms with Crippen molar-refractivity contribution in [3.8, 4) is 5.75 Å². The number of hydrogen-bond acceptors (Lipinski definition) is 3. The fraction of sp³-hybridized carbons (Fsp3) is 0.409. The lowest BCUT2D eigenvalue weighted by molar-refractivity contribution is 0.0690. The zero-order valence-corrected chi connectivity index (χ0v) is 15.5. The van der Waals surface area contributed by atoms with Crippen LogP contribution in [0.15, 0.2) is 54.6 Å². The van der Waals surface area contributed by atoms with Crippen LogP contribution in [0.2, 0.25) is 0 Å². The number of benzene rings is 2. The van der Waals surface area contributed by atoms with E-state index in [2.05, 4.69) is 12.2 Å². The standard InChI is InChI=1S/C22H28N2O2/c1-2-23-16-18-11-13-24(14-12-18)22(25)20-9-6-10-21(15-20)26-17-19-7-4-3-5-8-19/h3-10,15,18,23H,2,11-14,16-17H2,1H3. The molecular weight excluding hydrogens is 324 g/mol. The van der Waals surface area contributed by atoms with E-state index < -0.39 is 0 Å². The van der Waals surface area contributed by atoms with Crippen molar-refractivity contribution in [3.05, 3.63) is 65.7 Å². The second-order valence-corrected chi connectivity index (χ2v) is 6.85. The van der Waals surface area contributed by atoms with Gasteiger partial charge in [0, 0.05) is 18.7 Å². The summed E-state index contributed by atoms with van der Waals surface area (Å²) in [6.07, 6.45) is 2.14. The molecule has 4 heteroatoms. The molecule has 2 aromatic carbocycles. The van der Waals surface area contributed by atoms with Crippen LogP contribution in [0.3, 0.4) is 0 Å². The van der Waals surface area contributed by atoms with Crippen LogP contribution in [-0.2, 0) is 6.61 Å². The topological polar surface area (TPSA) is 41.6 Å². The van der Waals surface area contributed by atoms with Crippen LogP contribution in [0, 0.1) is 5.92 Å². The van der Waals surface area contributed by atoms with Crippen molar-refractivity contribution in [1.82, 2.24) is 10.2 Å². The first-order valence-electron chi connectivity index (χ1n) is 9.53. The minimum atomic E-state index is 0.108. The average molecular weight is 352 g/mol. The maximum absolute atomic E-state index is 12.8. The Kier molecular flexibility index (Phi) is 6.67.